The Balaban J connectivity index is 1.15. The molecule has 1 heterocycles. The Morgan fingerprint density at radius 3 is 1.66 bits per heavy atom. The molecule has 0 aliphatic carbocycles. The largest absolute Gasteiger partial charge is 0.483 e. The van der Waals surface area contributed by atoms with Gasteiger partial charge in [-0.2, -0.15) is 0 Å². The monoisotopic (exact) mass is 751 g/mol. The maximum absolute atomic E-state index is 14.1. The molecule has 0 bridgehead atoms. The molecule has 5 aromatic rings. The molecule has 5 aromatic carbocycles. The summed E-state index contributed by atoms with van der Waals surface area (Å²) in [7, 11) is 0. The zero-order chi connectivity index (χ0) is 39.6. The van der Waals surface area contributed by atoms with Crippen molar-refractivity contribution in [2.24, 2.45) is 0 Å². The normalized spacial score (nSPS) is 12.8. The molecule has 0 spiro atoms. The maximum atomic E-state index is 14.1. The first kappa shape index (κ1) is 39.6. The summed E-state index contributed by atoms with van der Waals surface area (Å²) in [6, 6.07) is 32.7. The molecule has 9 nitrogen and oxygen atoms in total. The second-order valence-electron chi connectivity index (χ2n) is 14.3. The van der Waals surface area contributed by atoms with Crippen LogP contribution in [0, 0.1) is 27.7 Å². The molecule has 1 saturated heterocycles. The second kappa shape index (κ2) is 18.5. The molecule has 0 saturated carbocycles. The lowest BCUT2D eigenvalue weighted by molar-refractivity contribution is -0.121. The number of ketones is 2. The molecular formula is C47H49N3O6. The molecule has 9 heteroatoms. The van der Waals surface area contributed by atoms with Crippen molar-refractivity contribution in [3.8, 4) is 11.5 Å². The van der Waals surface area contributed by atoms with E-state index in [0.717, 1.165) is 48.2 Å². The smallest absolute Gasteiger partial charge is 0.265 e. The minimum atomic E-state index is -0.394. The summed E-state index contributed by atoms with van der Waals surface area (Å²) in [5.74, 6) is 0.232. The molecule has 2 amide bonds. The molecule has 0 aromatic heterocycles. The molecule has 288 valence electrons. The number of carbonyl (C=O) groups excluding carboxylic acids is 4. The number of anilines is 2. The highest BCUT2D eigenvalue weighted by molar-refractivity contribution is 6.11. The zero-order valence-corrected chi connectivity index (χ0v) is 32.6. The number of para-hydroxylation sites is 2. The molecule has 0 radical (unpaired) electrons. The number of amides is 2. The minimum absolute atomic E-state index is 0.0692. The van der Waals surface area contributed by atoms with E-state index < -0.39 is 5.91 Å². The Hall–Kier alpha value is -6.06. The minimum Gasteiger partial charge on any atom is -0.483 e. The van der Waals surface area contributed by atoms with Crippen LogP contribution in [0.25, 0.3) is 0 Å². The first-order valence-electron chi connectivity index (χ1n) is 19.2. The Kier molecular flexibility index (Phi) is 13.1. The number of nitrogens with zero attached hydrogens (tertiary/aromatic N) is 2. The summed E-state index contributed by atoms with van der Waals surface area (Å²) in [5.41, 5.74) is 6.40. The average Bonchev–Trinajstić information content (AvgIpc) is 3.22. The van der Waals surface area contributed by atoms with Gasteiger partial charge in [-0.25, -0.2) is 0 Å². The summed E-state index contributed by atoms with van der Waals surface area (Å²) in [6.45, 7) is 9.94. The van der Waals surface area contributed by atoms with Crippen molar-refractivity contribution in [2.45, 2.75) is 47.0 Å². The van der Waals surface area contributed by atoms with Crippen LogP contribution >= 0.6 is 0 Å². The van der Waals surface area contributed by atoms with Crippen LogP contribution in [-0.2, 0) is 9.59 Å². The number of ether oxygens (including phenoxy) is 2. The highest BCUT2D eigenvalue weighted by atomic mass is 16.5. The third-order valence-corrected chi connectivity index (χ3v) is 10.2. The molecule has 0 unspecified atom stereocenters. The molecule has 0 atom stereocenters. The number of aryl methyl sites for hydroxylation is 4. The topological polar surface area (TPSA) is 105 Å². The van der Waals surface area contributed by atoms with E-state index in [1.807, 2.05) is 94.4 Å². The number of likely N-dealkylation sites (tertiary alicyclic amines) is 1. The van der Waals surface area contributed by atoms with Gasteiger partial charge < -0.3 is 24.6 Å². The van der Waals surface area contributed by atoms with Crippen molar-refractivity contribution >= 4 is 34.8 Å². The SMILES string of the molecule is Cc1cc(C(=O)c2ccccc2)c(C)cc1OCC(=O)Nc1ccccc1N(CCN1CCCCC1)C(=O)COc1cc(C)c(C(=O)c2ccccc2)cc1C. The van der Waals surface area contributed by atoms with Crippen molar-refractivity contribution in [1.29, 1.82) is 0 Å². The van der Waals surface area contributed by atoms with Crippen molar-refractivity contribution in [1.82, 2.24) is 4.90 Å². The molecule has 1 aliphatic rings. The van der Waals surface area contributed by atoms with E-state index in [-0.39, 0.29) is 30.7 Å². The van der Waals surface area contributed by atoms with Crippen molar-refractivity contribution in [2.75, 3.05) is 49.6 Å². The van der Waals surface area contributed by atoms with Gasteiger partial charge in [0.15, 0.2) is 24.8 Å². The summed E-state index contributed by atoms with van der Waals surface area (Å²) < 4.78 is 12.1. The predicted molar refractivity (Wildman–Crippen MR) is 220 cm³/mol. The van der Waals surface area contributed by atoms with Gasteiger partial charge in [-0.1, -0.05) is 79.2 Å². The molecular weight excluding hydrogens is 703 g/mol. The lowest BCUT2D eigenvalue weighted by Gasteiger charge is -2.31. The second-order valence-corrected chi connectivity index (χ2v) is 14.3. The van der Waals surface area contributed by atoms with E-state index >= 15 is 0 Å². The van der Waals surface area contributed by atoms with Gasteiger partial charge in [0.1, 0.15) is 11.5 Å². The Bertz CT molecular complexity index is 2200. The highest BCUT2D eigenvalue weighted by Crippen LogP contribution is 2.29. The summed E-state index contributed by atoms with van der Waals surface area (Å²) in [6.07, 6.45) is 3.44. The highest BCUT2D eigenvalue weighted by Gasteiger charge is 2.23. The number of hydrogen-bond acceptors (Lipinski definition) is 7. The third kappa shape index (κ3) is 9.78. The van der Waals surface area contributed by atoms with Gasteiger partial charge in [0, 0.05) is 35.3 Å². The van der Waals surface area contributed by atoms with Crippen molar-refractivity contribution in [3.05, 3.63) is 154 Å². The van der Waals surface area contributed by atoms with Crippen LogP contribution < -0.4 is 19.7 Å². The van der Waals surface area contributed by atoms with Gasteiger partial charge in [-0.3, -0.25) is 19.2 Å². The summed E-state index contributed by atoms with van der Waals surface area (Å²) >= 11 is 0. The average molecular weight is 752 g/mol. The number of hydrogen-bond donors (Lipinski definition) is 1. The fourth-order valence-electron chi connectivity index (χ4n) is 7.04. The van der Waals surface area contributed by atoms with E-state index in [1.165, 1.54) is 6.42 Å². The molecule has 56 heavy (non-hydrogen) atoms. The molecule has 1 N–H and O–H groups in total. The summed E-state index contributed by atoms with van der Waals surface area (Å²) in [4.78, 5) is 57.9. The van der Waals surface area contributed by atoms with Gasteiger partial charge >= 0.3 is 0 Å². The van der Waals surface area contributed by atoms with Crippen molar-refractivity contribution < 1.29 is 28.7 Å². The van der Waals surface area contributed by atoms with Crippen LogP contribution in [0.1, 0.15) is 73.4 Å². The first-order valence-corrected chi connectivity index (χ1v) is 19.2. The first-order chi connectivity index (χ1) is 27.1. The maximum Gasteiger partial charge on any atom is 0.265 e. The number of rotatable bonds is 15. The standard InChI is InChI=1S/C47H49N3O6/c1-32-28-42(34(3)26-38(32)46(53)36-16-8-5-9-17-36)55-30-44(51)48-40-20-12-13-21-41(40)50(25-24-49-22-14-7-15-23-49)45(52)31-56-43-29-33(2)39(27-35(43)4)47(54)37-18-10-6-11-19-37/h5-6,8-13,16-21,26-29H,7,14-15,22-25,30-31H2,1-4H3,(H,48,51). The zero-order valence-electron chi connectivity index (χ0n) is 32.6. The Morgan fingerprint density at radius 1 is 0.607 bits per heavy atom. The van der Waals surface area contributed by atoms with Crippen LogP contribution in [0.3, 0.4) is 0 Å². The van der Waals surface area contributed by atoms with Crippen LogP contribution in [0.15, 0.2) is 109 Å². The van der Waals surface area contributed by atoms with Crippen LogP contribution in [0.5, 0.6) is 11.5 Å². The van der Waals surface area contributed by atoms with Crippen molar-refractivity contribution in [3.63, 3.8) is 0 Å². The van der Waals surface area contributed by atoms with Gasteiger partial charge in [0.2, 0.25) is 0 Å². The van der Waals surface area contributed by atoms with E-state index in [9.17, 15) is 19.2 Å². The molecule has 6 rings (SSSR count). The van der Waals surface area contributed by atoms with E-state index in [2.05, 4.69) is 10.2 Å². The predicted octanol–water partition coefficient (Wildman–Crippen LogP) is 8.30. The number of benzene rings is 5. The third-order valence-electron chi connectivity index (χ3n) is 10.2. The quantitative estimate of drug-likeness (QED) is 0.107. The molecule has 1 aliphatic heterocycles. The number of piperidine rings is 1. The van der Waals surface area contributed by atoms with Crippen LogP contribution in [0.2, 0.25) is 0 Å². The van der Waals surface area contributed by atoms with Gasteiger partial charge in [0.25, 0.3) is 11.8 Å². The van der Waals surface area contributed by atoms with E-state index in [0.29, 0.717) is 58.2 Å². The number of nitrogens with one attached hydrogen (secondary N) is 1. The van der Waals surface area contributed by atoms with E-state index in [1.54, 1.807) is 47.4 Å². The molecule has 1 fully saturated rings. The Labute approximate surface area is 329 Å². The lowest BCUT2D eigenvalue weighted by atomic mass is 9.97. The van der Waals surface area contributed by atoms with Gasteiger partial charge in [-0.05, 0) is 112 Å². The van der Waals surface area contributed by atoms with Crippen LogP contribution in [-0.4, -0.2) is 67.7 Å². The number of carbonyl (C=O) groups is 4. The fourth-order valence-corrected chi connectivity index (χ4v) is 7.04. The lowest BCUT2D eigenvalue weighted by Crippen LogP contribution is -2.42. The Morgan fingerprint density at radius 2 is 1.11 bits per heavy atom. The fraction of sp³-hybridized carbons (Fsp3) is 0.277. The van der Waals surface area contributed by atoms with Gasteiger partial charge in [-0.15, -0.1) is 0 Å². The van der Waals surface area contributed by atoms with Gasteiger partial charge in [0.05, 0.1) is 11.4 Å². The van der Waals surface area contributed by atoms with Crippen LogP contribution in [0.4, 0.5) is 11.4 Å². The summed E-state index contributed by atoms with van der Waals surface area (Å²) in [5, 5.41) is 2.96. The van der Waals surface area contributed by atoms with E-state index in [4.69, 9.17) is 9.47 Å².